The number of methoxy groups -OCH3 is 1. The summed E-state index contributed by atoms with van der Waals surface area (Å²) in [6.45, 7) is 4.72. The normalized spacial score (nSPS) is 17.4. The Morgan fingerprint density at radius 2 is 1.86 bits per heavy atom. The second kappa shape index (κ2) is 11.4. The van der Waals surface area contributed by atoms with Crippen LogP contribution in [0.2, 0.25) is 0 Å². The van der Waals surface area contributed by atoms with E-state index in [2.05, 4.69) is 15.7 Å². The number of urea groups is 1. The first kappa shape index (κ1) is 26.1. The quantitative estimate of drug-likeness (QED) is 0.447. The molecule has 0 spiro atoms. The summed E-state index contributed by atoms with van der Waals surface area (Å²) in [6.07, 6.45) is 0. The molecule has 2 N–H and O–H groups in total. The van der Waals surface area contributed by atoms with E-state index in [-0.39, 0.29) is 12.5 Å². The fourth-order valence-electron chi connectivity index (χ4n) is 4.45. The lowest BCUT2D eigenvalue weighted by atomic mass is 9.94. The van der Waals surface area contributed by atoms with Gasteiger partial charge in [0.25, 0.3) is 0 Å². The van der Waals surface area contributed by atoms with E-state index in [0.717, 1.165) is 17.8 Å². The Hall–Kier alpha value is -3.99. The number of hydrogen-bond donors (Lipinski definition) is 2. The fraction of sp³-hybridized carbons (Fsp3) is 0.346. The number of para-hydroxylation sites is 1. The van der Waals surface area contributed by atoms with E-state index in [1.807, 2.05) is 37.3 Å². The number of nitrogens with zero attached hydrogens (tertiary/aromatic N) is 3. The SMILES string of the molecule is CCOc1nn(-c2ccccc2)c(NC(=O)NC2CN(CC(=O)OC)CC2c2ccc(F)c(F)c2)c1C. The highest BCUT2D eigenvalue weighted by Crippen LogP contribution is 2.30. The van der Waals surface area contributed by atoms with Crippen LogP contribution in [-0.2, 0) is 9.53 Å². The highest BCUT2D eigenvalue weighted by atomic mass is 19.2. The highest BCUT2D eigenvalue weighted by Gasteiger charge is 2.36. The summed E-state index contributed by atoms with van der Waals surface area (Å²) in [5, 5.41) is 10.3. The molecule has 3 aromatic rings. The Morgan fingerprint density at radius 1 is 1.11 bits per heavy atom. The minimum Gasteiger partial charge on any atom is -0.477 e. The Bertz CT molecular complexity index is 1270. The minimum absolute atomic E-state index is 0.00801. The zero-order chi connectivity index (χ0) is 26.5. The van der Waals surface area contributed by atoms with Gasteiger partial charge in [0.15, 0.2) is 11.6 Å². The molecular formula is C26H29F2N5O4. The number of benzene rings is 2. The van der Waals surface area contributed by atoms with Crippen molar-refractivity contribution in [3.8, 4) is 11.6 Å². The highest BCUT2D eigenvalue weighted by molar-refractivity contribution is 5.90. The largest absolute Gasteiger partial charge is 0.477 e. The van der Waals surface area contributed by atoms with Crippen molar-refractivity contribution >= 4 is 17.8 Å². The monoisotopic (exact) mass is 513 g/mol. The van der Waals surface area contributed by atoms with Gasteiger partial charge in [0.05, 0.1) is 37.6 Å². The number of ether oxygens (including phenoxy) is 2. The van der Waals surface area contributed by atoms with Crippen LogP contribution in [0.25, 0.3) is 5.69 Å². The second-order valence-corrected chi connectivity index (χ2v) is 8.71. The maximum atomic E-state index is 14.0. The van der Waals surface area contributed by atoms with Crippen LogP contribution in [0.5, 0.6) is 5.88 Å². The van der Waals surface area contributed by atoms with Crippen molar-refractivity contribution in [2.75, 3.05) is 38.7 Å². The van der Waals surface area contributed by atoms with Crippen LogP contribution < -0.4 is 15.4 Å². The molecule has 196 valence electrons. The minimum atomic E-state index is -0.974. The van der Waals surface area contributed by atoms with E-state index in [1.54, 1.807) is 16.5 Å². The van der Waals surface area contributed by atoms with Gasteiger partial charge in [0.1, 0.15) is 5.82 Å². The smallest absolute Gasteiger partial charge is 0.320 e. The van der Waals surface area contributed by atoms with Gasteiger partial charge in [-0.05, 0) is 43.7 Å². The summed E-state index contributed by atoms with van der Waals surface area (Å²) in [7, 11) is 1.29. The molecular weight excluding hydrogens is 484 g/mol. The summed E-state index contributed by atoms with van der Waals surface area (Å²) >= 11 is 0. The van der Waals surface area contributed by atoms with Crippen molar-refractivity contribution in [1.29, 1.82) is 0 Å². The third-order valence-corrected chi connectivity index (χ3v) is 6.26. The lowest BCUT2D eigenvalue weighted by molar-refractivity contribution is -0.141. The topological polar surface area (TPSA) is 97.7 Å². The van der Waals surface area contributed by atoms with Crippen LogP contribution in [-0.4, -0.2) is 66.1 Å². The molecule has 11 heteroatoms. The summed E-state index contributed by atoms with van der Waals surface area (Å²) in [4.78, 5) is 26.9. The van der Waals surface area contributed by atoms with E-state index in [4.69, 9.17) is 9.47 Å². The number of carbonyl (C=O) groups is 2. The summed E-state index contributed by atoms with van der Waals surface area (Å²) < 4.78 is 39.5. The molecule has 1 aliphatic rings. The molecule has 1 fully saturated rings. The Labute approximate surface area is 213 Å². The number of anilines is 1. The molecule has 0 radical (unpaired) electrons. The average molecular weight is 514 g/mol. The van der Waals surface area contributed by atoms with Gasteiger partial charge in [-0.3, -0.25) is 15.0 Å². The van der Waals surface area contributed by atoms with Crippen molar-refractivity contribution < 1.29 is 27.8 Å². The number of carbonyl (C=O) groups excluding carboxylic acids is 2. The molecule has 2 atom stereocenters. The predicted molar refractivity (Wildman–Crippen MR) is 133 cm³/mol. The molecule has 2 amide bonds. The van der Waals surface area contributed by atoms with Gasteiger partial charge in [0, 0.05) is 19.0 Å². The van der Waals surface area contributed by atoms with E-state index in [9.17, 15) is 18.4 Å². The van der Waals surface area contributed by atoms with Crippen molar-refractivity contribution in [3.05, 3.63) is 71.3 Å². The van der Waals surface area contributed by atoms with Crippen LogP contribution >= 0.6 is 0 Å². The zero-order valence-electron chi connectivity index (χ0n) is 20.8. The Morgan fingerprint density at radius 3 is 2.54 bits per heavy atom. The molecule has 1 saturated heterocycles. The first-order valence-electron chi connectivity index (χ1n) is 11.9. The van der Waals surface area contributed by atoms with E-state index in [0.29, 0.717) is 42.5 Å². The predicted octanol–water partition coefficient (Wildman–Crippen LogP) is 3.62. The summed E-state index contributed by atoms with van der Waals surface area (Å²) in [5.74, 6) is -1.92. The van der Waals surface area contributed by atoms with Gasteiger partial charge in [-0.2, -0.15) is 0 Å². The van der Waals surface area contributed by atoms with Crippen LogP contribution in [0, 0.1) is 18.6 Å². The van der Waals surface area contributed by atoms with Gasteiger partial charge >= 0.3 is 12.0 Å². The second-order valence-electron chi connectivity index (χ2n) is 8.71. The maximum absolute atomic E-state index is 14.0. The van der Waals surface area contributed by atoms with E-state index >= 15 is 0 Å². The van der Waals surface area contributed by atoms with Gasteiger partial charge in [-0.25, -0.2) is 18.3 Å². The third-order valence-electron chi connectivity index (χ3n) is 6.26. The van der Waals surface area contributed by atoms with Gasteiger partial charge in [0.2, 0.25) is 5.88 Å². The molecule has 1 aliphatic heterocycles. The van der Waals surface area contributed by atoms with Crippen LogP contribution in [0.4, 0.5) is 19.4 Å². The average Bonchev–Trinajstić information content (AvgIpc) is 3.42. The Balaban J connectivity index is 1.58. The molecule has 1 aromatic heterocycles. The van der Waals surface area contributed by atoms with Crippen molar-refractivity contribution in [3.63, 3.8) is 0 Å². The number of hydrogen-bond acceptors (Lipinski definition) is 6. The number of halogens is 2. The van der Waals surface area contributed by atoms with Gasteiger partial charge < -0.3 is 14.8 Å². The first-order valence-corrected chi connectivity index (χ1v) is 11.9. The van der Waals surface area contributed by atoms with Gasteiger partial charge in [-0.1, -0.05) is 24.3 Å². The number of nitrogens with one attached hydrogen (secondary N) is 2. The molecule has 9 nitrogen and oxygen atoms in total. The molecule has 37 heavy (non-hydrogen) atoms. The number of likely N-dealkylation sites (tertiary alicyclic amines) is 1. The number of amides is 2. The molecule has 2 aromatic carbocycles. The van der Waals surface area contributed by atoms with Crippen LogP contribution in [0.15, 0.2) is 48.5 Å². The maximum Gasteiger partial charge on any atom is 0.320 e. The fourth-order valence-corrected chi connectivity index (χ4v) is 4.45. The summed E-state index contributed by atoms with van der Waals surface area (Å²) in [6, 6.07) is 12.0. The van der Waals surface area contributed by atoms with Crippen LogP contribution in [0.1, 0.15) is 24.0 Å². The molecule has 2 heterocycles. The lowest BCUT2D eigenvalue weighted by Crippen LogP contribution is -2.43. The van der Waals surface area contributed by atoms with Crippen molar-refractivity contribution in [1.82, 2.24) is 20.0 Å². The standard InChI is InChI=1S/C26H29F2N5O4/c1-4-37-25-16(2)24(33(31-25)18-8-6-5-7-9-18)30-26(35)29-22-14-32(15-23(34)36-3)13-19(22)17-10-11-20(27)21(28)12-17/h5-12,19,22H,4,13-15H2,1-3H3,(H2,29,30,35). The van der Waals surface area contributed by atoms with E-state index < -0.39 is 29.7 Å². The van der Waals surface area contributed by atoms with E-state index in [1.165, 1.54) is 13.2 Å². The van der Waals surface area contributed by atoms with Gasteiger partial charge in [-0.15, -0.1) is 5.10 Å². The van der Waals surface area contributed by atoms with Crippen molar-refractivity contribution in [2.45, 2.75) is 25.8 Å². The van der Waals surface area contributed by atoms with Crippen LogP contribution in [0.3, 0.4) is 0 Å². The zero-order valence-corrected chi connectivity index (χ0v) is 20.8. The first-order chi connectivity index (χ1) is 17.8. The molecule has 0 saturated carbocycles. The third kappa shape index (κ3) is 5.88. The molecule has 0 bridgehead atoms. The van der Waals surface area contributed by atoms with Crippen molar-refractivity contribution in [2.24, 2.45) is 0 Å². The lowest BCUT2D eigenvalue weighted by Gasteiger charge is -2.21. The molecule has 2 unspecified atom stereocenters. The molecule has 4 rings (SSSR count). The summed E-state index contributed by atoms with van der Waals surface area (Å²) in [5.41, 5.74) is 1.90. The number of esters is 1. The molecule has 0 aliphatic carbocycles. The number of rotatable bonds is 8. The Kier molecular flexibility index (Phi) is 8.02. The number of aromatic nitrogens is 2.